The van der Waals surface area contributed by atoms with E-state index >= 15 is 0 Å². The zero-order valence-electron chi connectivity index (χ0n) is 14.6. The highest BCUT2D eigenvalue weighted by Gasteiger charge is 2.18. The maximum absolute atomic E-state index is 12.3. The fraction of sp³-hybridized carbons (Fsp3) is 0.211. The minimum Gasteiger partial charge on any atom is -0.494 e. The molecular formula is C19H20N4O3. The maximum Gasteiger partial charge on any atom is 0.251 e. The van der Waals surface area contributed by atoms with Gasteiger partial charge in [0.25, 0.3) is 5.91 Å². The Labute approximate surface area is 150 Å². The molecule has 2 amide bonds. The molecule has 3 aromatic rings. The van der Waals surface area contributed by atoms with Gasteiger partial charge in [0, 0.05) is 5.56 Å². The highest BCUT2D eigenvalue weighted by Crippen LogP contribution is 2.14. The van der Waals surface area contributed by atoms with Crippen LogP contribution in [0, 0.1) is 0 Å². The van der Waals surface area contributed by atoms with Crippen molar-refractivity contribution in [2.75, 3.05) is 11.9 Å². The molecule has 2 aromatic carbocycles. The molecule has 1 heterocycles. The number of hydrogen-bond acceptors (Lipinski definition) is 4. The number of aromatic amines is 1. The molecule has 0 saturated heterocycles. The summed E-state index contributed by atoms with van der Waals surface area (Å²) in [5.41, 5.74) is 2.04. The summed E-state index contributed by atoms with van der Waals surface area (Å²) in [6.45, 7) is 4.07. The number of hydrogen-bond donors (Lipinski definition) is 3. The van der Waals surface area contributed by atoms with Gasteiger partial charge < -0.3 is 15.0 Å². The van der Waals surface area contributed by atoms with Crippen LogP contribution in [0.15, 0.2) is 48.5 Å². The van der Waals surface area contributed by atoms with Crippen molar-refractivity contribution in [3.05, 3.63) is 54.1 Å². The van der Waals surface area contributed by atoms with Crippen molar-refractivity contribution < 1.29 is 14.3 Å². The first-order valence-electron chi connectivity index (χ1n) is 8.36. The van der Waals surface area contributed by atoms with Crippen molar-refractivity contribution >= 4 is 28.8 Å². The van der Waals surface area contributed by atoms with Crippen molar-refractivity contribution in [1.29, 1.82) is 0 Å². The van der Waals surface area contributed by atoms with Crippen LogP contribution in [0.2, 0.25) is 0 Å². The Kier molecular flexibility index (Phi) is 5.17. The maximum atomic E-state index is 12.3. The van der Waals surface area contributed by atoms with Gasteiger partial charge in [0.15, 0.2) is 0 Å². The molecular weight excluding hydrogens is 332 g/mol. The van der Waals surface area contributed by atoms with Crippen LogP contribution in [-0.4, -0.2) is 34.4 Å². The number of carbonyl (C=O) groups excluding carboxylic acids is 2. The average Bonchev–Trinajstić information content (AvgIpc) is 3.04. The standard InChI is InChI=1S/C19H20N4O3/c1-3-26-14-10-8-13(9-11-14)18(25)20-12(2)17(24)23-19-21-15-6-4-5-7-16(15)22-19/h4-12H,3H2,1-2H3,(H,20,25)(H2,21,22,23,24)/t12-/m0/s1. The van der Waals surface area contributed by atoms with E-state index in [1.807, 2.05) is 31.2 Å². The number of H-pyrrole nitrogens is 1. The molecule has 0 aliphatic rings. The molecule has 0 saturated carbocycles. The SMILES string of the molecule is CCOc1ccc(C(=O)N[C@@H](C)C(=O)Nc2nc3ccccc3[nH]2)cc1. The van der Waals surface area contributed by atoms with Gasteiger partial charge in [-0.3, -0.25) is 14.9 Å². The van der Waals surface area contributed by atoms with Gasteiger partial charge in [-0.1, -0.05) is 12.1 Å². The number of para-hydroxylation sites is 2. The number of fused-ring (bicyclic) bond motifs is 1. The van der Waals surface area contributed by atoms with Crippen LogP contribution in [0.5, 0.6) is 5.75 Å². The first-order valence-corrected chi connectivity index (χ1v) is 8.36. The molecule has 134 valence electrons. The van der Waals surface area contributed by atoms with Gasteiger partial charge in [0.1, 0.15) is 11.8 Å². The minimum atomic E-state index is -0.720. The fourth-order valence-electron chi connectivity index (χ4n) is 2.45. The molecule has 1 aromatic heterocycles. The van der Waals surface area contributed by atoms with Crippen molar-refractivity contribution in [2.45, 2.75) is 19.9 Å². The van der Waals surface area contributed by atoms with Crippen LogP contribution in [0.25, 0.3) is 11.0 Å². The number of nitrogens with zero attached hydrogens (tertiary/aromatic N) is 1. The van der Waals surface area contributed by atoms with Crippen molar-refractivity contribution in [3.63, 3.8) is 0 Å². The van der Waals surface area contributed by atoms with E-state index in [4.69, 9.17) is 4.74 Å². The molecule has 7 nitrogen and oxygen atoms in total. The van der Waals surface area contributed by atoms with Crippen LogP contribution in [0.4, 0.5) is 5.95 Å². The lowest BCUT2D eigenvalue weighted by atomic mass is 10.2. The van der Waals surface area contributed by atoms with Gasteiger partial charge in [-0.2, -0.15) is 0 Å². The van der Waals surface area contributed by atoms with E-state index in [0.29, 0.717) is 23.9 Å². The number of anilines is 1. The van der Waals surface area contributed by atoms with E-state index in [2.05, 4.69) is 20.6 Å². The molecule has 0 fully saturated rings. The number of rotatable bonds is 6. The van der Waals surface area contributed by atoms with Crippen LogP contribution >= 0.6 is 0 Å². The second-order valence-corrected chi connectivity index (χ2v) is 5.74. The minimum absolute atomic E-state index is 0.333. The monoisotopic (exact) mass is 352 g/mol. The zero-order chi connectivity index (χ0) is 18.5. The van der Waals surface area contributed by atoms with Gasteiger partial charge in [-0.05, 0) is 50.2 Å². The van der Waals surface area contributed by atoms with E-state index in [1.165, 1.54) is 0 Å². The average molecular weight is 352 g/mol. The summed E-state index contributed by atoms with van der Waals surface area (Å²) in [7, 11) is 0. The third kappa shape index (κ3) is 4.00. The molecule has 3 rings (SSSR count). The van der Waals surface area contributed by atoms with Crippen molar-refractivity contribution in [2.24, 2.45) is 0 Å². The number of ether oxygens (including phenoxy) is 1. The van der Waals surface area contributed by atoms with Crippen LogP contribution < -0.4 is 15.4 Å². The lowest BCUT2D eigenvalue weighted by Gasteiger charge is -2.13. The number of imidazole rings is 1. The number of amides is 2. The van der Waals surface area contributed by atoms with Crippen molar-refractivity contribution in [3.8, 4) is 5.75 Å². The molecule has 0 spiro atoms. The van der Waals surface area contributed by atoms with E-state index in [0.717, 1.165) is 11.0 Å². The lowest BCUT2D eigenvalue weighted by molar-refractivity contribution is -0.117. The third-order valence-corrected chi connectivity index (χ3v) is 3.80. The summed E-state index contributed by atoms with van der Waals surface area (Å²) >= 11 is 0. The number of aromatic nitrogens is 2. The number of nitrogens with one attached hydrogen (secondary N) is 3. The predicted octanol–water partition coefficient (Wildman–Crippen LogP) is 2.72. The summed E-state index contributed by atoms with van der Waals surface area (Å²) in [5.74, 6) is 0.349. The van der Waals surface area contributed by atoms with Crippen LogP contribution in [0.1, 0.15) is 24.2 Å². The Balaban J connectivity index is 1.60. The molecule has 1 atom stereocenters. The van der Waals surface area contributed by atoms with E-state index in [1.54, 1.807) is 31.2 Å². The predicted molar refractivity (Wildman–Crippen MR) is 99.3 cm³/mol. The van der Waals surface area contributed by atoms with E-state index < -0.39 is 6.04 Å². The van der Waals surface area contributed by atoms with Gasteiger partial charge in [-0.15, -0.1) is 0 Å². The normalized spacial score (nSPS) is 11.8. The Hall–Kier alpha value is -3.35. The summed E-state index contributed by atoms with van der Waals surface area (Å²) < 4.78 is 5.34. The lowest BCUT2D eigenvalue weighted by Crippen LogP contribution is -2.41. The Bertz CT molecular complexity index is 885. The molecule has 0 unspecified atom stereocenters. The van der Waals surface area contributed by atoms with Gasteiger partial charge in [-0.25, -0.2) is 4.98 Å². The zero-order valence-corrected chi connectivity index (χ0v) is 14.6. The Morgan fingerprint density at radius 1 is 1.15 bits per heavy atom. The molecule has 0 bridgehead atoms. The molecule has 3 N–H and O–H groups in total. The highest BCUT2D eigenvalue weighted by atomic mass is 16.5. The van der Waals surface area contributed by atoms with E-state index in [9.17, 15) is 9.59 Å². The van der Waals surface area contributed by atoms with Crippen LogP contribution in [0.3, 0.4) is 0 Å². The number of carbonyl (C=O) groups is 2. The molecule has 0 aliphatic carbocycles. The summed E-state index contributed by atoms with van der Waals surface area (Å²) in [4.78, 5) is 31.9. The second kappa shape index (κ2) is 7.69. The molecule has 0 aliphatic heterocycles. The number of benzene rings is 2. The largest absolute Gasteiger partial charge is 0.494 e. The van der Waals surface area contributed by atoms with Gasteiger partial charge in [0.2, 0.25) is 11.9 Å². The fourth-order valence-corrected chi connectivity index (χ4v) is 2.45. The quantitative estimate of drug-likeness (QED) is 0.635. The third-order valence-electron chi connectivity index (χ3n) is 3.80. The Morgan fingerprint density at radius 3 is 2.58 bits per heavy atom. The first kappa shape index (κ1) is 17.5. The Morgan fingerprint density at radius 2 is 1.88 bits per heavy atom. The topological polar surface area (TPSA) is 96.1 Å². The second-order valence-electron chi connectivity index (χ2n) is 5.74. The van der Waals surface area contributed by atoms with E-state index in [-0.39, 0.29) is 11.8 Å². The molecule has 7 heteroatoms. The smallest absolute Gasteiger partial charge is 0.251 e. The highest BCUT2D eigenvalue weighted by molar-refractivity contribution is 6.00. The first-order chi connectivity index (χ1) is 12.6. The molecule has 26 heavy (non-hydrogen) atoms. The summed E-state index contributed by atoms with van der Waals surface area (Å²) in [6.07, 6.45) is 0. The van der Waals surface area contributed by atoms with Gasteiger partial charge >= 0.3 is 0 Å². The van der Waals surface area contributed by atoms with Crippen molar-refractivity contribution in [1.82, 2.24) is 15.3 Å². The summed E-state index contributed by atoms with van der Waals surface area (Å²) in [5, 5.41) is 5.34. The summed E-state index contributed by atoms with van der Waals surface area (Å²) in [6, 6.07) is 13.5. The molecule has 0 radical (unpaired) electrons. The van der Waals surface area contributed by atoms with Crippen LogP contribution in [-0.2, 0) is 4.79 Å². The van der Waals surface area contributed by atoms with Gasteiger partial charge in [0.05, 0.1) is 17.6 Å².